The third kappa shape index (κ3) is 8.77. The van der Waals surface area contributed by atoms with Crippen LogP contribution < -0.4 is 10.6 Å². The van der Waals surface area contributed by atoms with Crippen LogP contribution in [0.2, 0.25) is 0 Å². The monoisotopic (exact) mass is 455 g/mol. The Labute approximate surface area is 160 Å². The average molecular weight is 455 g/mol. The van der Waals surface area contributed by atoms with E-state index < -0.39 is 11.6 Å². The Kier molecular flexibility index (Phi) is 12.8. The van der Waals surface area contributed by atoms with E-state index in [1.807, 2.05) is 20.8 Å². The number of rotatable bonds is 9. The number of ether oxygens (including phenoxy) is 1. The molecule has 0 heterocycles. The summed E-state index contributed by atoms with van der Waals surface area (Å²) in [4.78, 5) is 4.46. The van der Waals surface area contributed by atoms with Crippen LogP contribution >= 0.6 is 24.0 Å². The molecule has 0 amide bonds. The highest BCUT2D eigenvalue weighted by molar-refractivity contribution is 14.0. The average Bonchev–Trinajstić information content (AvgIpc) is 2.52. The van der Waals surface area contributed by atoms with Gasteiger partial charge in [-0.2, -0.15) is 0 Å². The summed E-state index contributed by atoms with van der Waals surface area (Å²) in [6.07, 6.45) is 0.889. The Hall–Kier alpha value is -0.960. The smallest absolute Gasteiger partial charge is 0.191 e. The molecule has 0 aliphatic rings. The highest BCUT2D eigenvalue weighted by atomic mass is 127. The van der Waals surface area contributed by atoms with Crippen LogP contribution in [0.1, 0.15) is 38.7 Å². The van der Waals surface area contributed by atoms with E-state index in [1.165, 1.54) is 12.1 Å². The molecule has 24 heavy (non-hydrogen) atoms. The van der Waals surface area contributed by atoms with Gasteiger partial charge in [0, 0.05) is 44.8 Å². The molecule has 0 saturated carbocycles. The predicted octanol–water partition coefficient (Wildman–Crippen LogP) is 3.67. The molecule has 1 aromatic rings. The van der Waals surface area contributed by atoms with Crippen LogP contribution in [-0.2, 0) is 4.74 Å². The summed E-state index contributed by atoms with van der Waals surface area (Å²) in [6, 6.07) is 3.66. The number of benzene rings is 1. The molecule has 1 atom stereocenters. The number of aliphatic imine (C=N–C) groups is 1. The minimum absolute atomic E-state index is 0. The third-order valence-corrected chi connectivity index (χ3v) is 3.32. The van der Waals surface area contributed by atoms with Gasteiger partial charge in [0.15, 0.2) is 5.96 Å². The van der Waals surface area contributed by atoms with Crippen LogP contribution in [0.5, 0.6) is 0 Å². The summed E-state index contributed by atoms with van der Waals surface area (Å²) in [5, 5.41) is 6.36. The SMILES string of the molecule is CCNC(=NCC(C)c1ccc(F)cc1F)NCCCOCC.I. The van der Waals surface area contributed by atoms with Crippen LogP contribution in [0, 0.1) is 11.6 Å². The van der Waals surface area contributed by atoms with Gasteiger partial charge in [-0.3, -0.25) is 4.99 Å². The van der Waals surface area contributed by atoms with E-state index in [-0.39, 0.29) is 29.9 Å². The van der Waals surface area contributed by atoms with Gasteiger partial charge in [-0.1, -0.05) is 13.0 Å². The maximum absolute atomic E-state index is 13.8. The first kappa shape index (κ1) is 23.0. The fourth-order valence-corrected chi connectivity index (χ4v) is 2.09. The number of guanidine groups is 1. The van der Waals surface area contributed by atoms with Crippen LogP contribution in [0.25, 0.3) is 0 Å². The predicted molar refractivity (Wildman–Crippen MR) is 105 cm³/mol. The van der Waals surface area contributed by atoms with Gasteiger partial charge in [0.25, 0.3) is 0 Å². The zero-order valence-corrected chi connectivity index (χ0v) is 16.9. The van der Waals surface area contributed by atoms with Crippen molar-refractivity contribution in [3.8, 4) is 0 Å². The van der Waals surface area contributed by atoms with Gasteiger partial charge in [0.05, 0.1) is 0 Å². The van der Waals surface area contributed by atoms with Crippen molar-refractivity contribution >= 4 is 29.9 Å². The number of halogens is 3. The van der Waals surface area contributed by atoms with Crippen LogP contribution in [0.4, 0.5) is 8.78 Å². The molecule has 0 saturated heterocycles. The second-order valence-corrected chi connectivity index (χ2v) is 5.26. The molecule has 1 rings (SSSR count). The van der Waals surface area contributed by atoms with Crippen LogP contribution in [-0.4, -0.2) is 38.8 Å². The minimum atomic E-state index is -0.564. The Bertz CT molecular complexity index is 501. The highest BCUT2D eigenvalue weighted by Gasteiger charge is 2.11. The van der Waals surface area contributed by atoms with Crippen molar-refractivity contribution in [1.29, 1.82) is 0 Å². The van der Waals surface area contributed by atoms with E-state index in [0.29, 0.717) is 24.7 Å². The Morgan fingerprint density at radius 1 is 1.25 bits per heavy atom. The van der Waals surface area contributed by atoms with Gasteiger partial charge >= 0.3 is 0 Å². The maximum Gasteiger partial charge on any atom is 0.191 e. The molecule has 0 aromatic heterocycles. The standard InChI is InChI=1S/C17H27F2N3O.HI/c1-4-20-17(21-9-6-10-23-5-2)22-12-13(3)15-8-7-14(18)11-16(15)19;/h7-8,11,13H,4-6,9-10,12H2,1-3H3,(H2,20,21,22);1H. The first-order valence-electron chi connectivity index (χ1n) is 8.13. The number of nitrogens with zero attached hydrogens (tertiary/aromatic N) is 1. The first-order chi connectivity index (χ1) is 11.1. The van der Waals surface area contributed by atoms with Crippen molar-refractivity contribution in [2.45, 2.75) is 33.1 Å². The van der Waals surface area contributed by atoms with Gasteiger partial charge < -0.3 is 15.4 Å². The van der Waals surface area contributed by atoms with Crippen molar-refractivity contribution < 1.29 is 13.5 Å². The van der Waals surface area contributed by atoms with Crippen molar-refractivity contribution in [2.24, 2.45) is 4.99 Å². The van der Waals surface area contributed by atoms with Gasteiger partial charge in [0.2, 0.25) is 0 Å². The number of hydrogen-bond acceptors (Lipinski definition) is 2. The molecule has 1 unspecified atom stereocenters. The topological polar surface area (TPSA) is 45.7 Å². The molecular weight excluding hydrogens is 427 g/mol. The molecule has 2 N–H and O–H groups in total. The molecule has 0 aliphatic heterocycles. The van der Waals surface area contributed by atoms with Crippen molar-refractivity contribution in [3.05, 3.63) is 35.4 Å². The van der Waals surface area contributed by atoms with Crippen LogP contribution in [0.15, 0.2) is 23.2 Å². The third-order valence-electron chi connectivity index (χ3n) is 3.32. The summed E-state index contributed by atoms with van der Waals surface area (Å²) in [7, 11) is 0. The fourth-order valence-electron chi connectivity index (χ4n) is 2.09. The number of hydrogen-bond donors (Lipinski definition) is 2. The Morgan fingerprint density at radius 3 is 2.62 bits per heavy atom. The molecule has 0 radical (unpaired) electrons. The molecular formula is C17H28F2IN3O. The van der Waals surface area contributed by atoms with Gasteiger partial charge in [-0.15, -0.1) is 24.0 Å². The molecule has 0 aliphatic carbocycles. The molecule has 7 heteroatoms. The lowest BCUT2D eigenvalue weighted by Gasteiger charge is -2.14. The largest absolute Gasteiger partial charge is 0.382 e. The number of nitrogens with one attached hydrogen (secondary N) is 2. The van der Waals surface area contributed by atoms with Gasteiger partial charge in [-0.05, 0) is 31.9 Å². The summed E-state index contributed by atoms with van der Waals surface area (Å²) >= 11 is 0. The summed E-state index contributed by atoms with van der Waals surface area (Å²) in [5.74, 6) is -0.526. The molecule has 1 aromatic carbocycles. The fraction of sp³-hybridized carbons (Fsp3) is 0.588. The lowest BCUT2D eigenvalue weighted by atomic mass is 10.0. The molecule has 138 valence electrons. The van der Waals surface area contributed by atoms with Gasteiger partial charge in [-0.25, -0.2) is 8.78 Å². The lowest BCUT2D eigenvalue weighted by molar-refractivity contribution is 0.145. The zero-order chi connectivity index (χ0) is 17.1. The lowest BCUT2D eigenvalue weighted by Crippen LogP contribution is -2.38. The van der Waals surface area contributed by atoms with E-state index in [2.05, 4.69) is 15.6 Å². The Balaban J connectivity index is 0.00000529. The van der Waals surface area contributed by atoms with E-state index in [0.717, 1.165) is 32.2 Å². The quantitative estimate of drug-likeness (QED) is 0.259. The highest BCUT2D eigenvalue weighted by Crippen LogP contribution is 2.20. The summed E-state index contributed by atoms with van der Waals surface area (Å²) in [6.45, 7) is 9.17. The van der Waals surface area contributed by atoms with Crippen LogP contribution in [0.3, 0.4) is 0 Å². The van der Waals surface area contributed by atoms with Crippen molar-refractivity contribution in [3.63, 3.8) is 0 Å². The Morgan fingerprint density at radius 2 is 2.00 bits per heavy atom. The molecule has 0 fully saturated rings. The van der Waals surface area contributed by atoms with E-state index >= 15 is 0 Å². The first-order valence-corrected chi connectivity index (χ1v) is 8.13. The van der Waals surface area contributed by atoms with Crippen molar-refractivity contribution in [2.75, 3.05) is 32.8 Å². The van der Waals surface area contributed by atoms with E-state index in [9.17, 15) is 8.78 Å². The molecule has 0 spiro atoms. The van der Waals surface area contributed by atoms with Gasteiger partial charge in [0.1, 0.15) is 11.6 Å². The second-order valence-electron chi connectivity index (χ2n) is 5.26. The molecule has 4 nitrogen and oxygen atoms in total. The normalized spacial score (nSPS) is 12.5. The summed E-state index contributed by atoms with van der Waals surface area (Å²) < 4.78 is 32.0. The maximum atomic E-state index is 13.8. The zero-order valence-electron chi connectivity index (χ0n) is 14.6. The minimum Gasteiger partial charge on any atom is -0.382 e. The van der Waals surface area contributed by atoms with E-state index in [1.54, 1.807) is 0 Å². The molecule has 0 bridgehead atoms. The van der Waals surface area contributed by atoms with E-state index in [4.69, 9.17) is 4.74 Å². The summed E-state index contributed by atoms with van der Waals surface area (Å²) in [5.41, 5.74) is 0.474. The second kappa shape index (κ2) is 13.3. The van der Waals surface area contributed by atoms with Crippen molar-refractivity contribution in [1.82, 2.24) is 10.6 Å².